The molecule has 4 heterocycles. The molecule has 2 aliphatic heterocycles. The Hall–Kier alpha value is -1.98. The van der Waals surface area contributed by atoms with Gasteiger partial charge in [0.2, 0.25) is 5.28 Å². The highest BCUT2D eigenvalue weighted by molar-refractivity contribution is 7.99. The van der Waals surface area contributed by atoms with Gasteiger partial charge in [0.15, 0.2) is 29.0 Å². The van der Waals surface area contributed by atoms with E-state index < -0.39 is 17.6 Å². The molecule has 1 aromatic carbocycles. The number of benzene rings is 1. The molecule has 3 aromatic rings. The number of hydrogen-bond acceptors (Lipinski definition) is 8. The van der Waals surface area contributed by atoms with Crippen molar-refractivity contribution >= 4 is 40.3 Å². The molecule has 11 heteroatoms. The van der Waals surface area contributed by atoms with Crippen molar-refractivity contribution in [2.24, 2.45) is 11.8 Å². The molecule has 38 heavy (non-hydrogen) atoms. The summed E-state index contributed by atoms with van der Waals surface area (Å²) in [5, 5.41) is 3.79. The van der Waals surface area contributed by atoms with Crippen LogP contribution in [0.1, 0.15) is 52.7 Å². The van der Waals surface area contributed by atoms with Crippen LogP contribution in [-0.2, 0) is 14.2 Å². The lowest BCUT2D eigenvalue weighted by atomic mass is 9.95. The molecule has 4 fully saturated rings. The van der Waals surface area contributed by atoms with E-state index in [1.165, 1.54) is 37.1 Å². The van der Waals surface area contributed by atoms with Gasteiger partial charge < -0.3 is 19.5 Å². The maximum Gasteiger partial charge on any atom is 0.226 e. The number of imidazole rings is 1. The molecule has 0 unspecified atom stereocenters. The number of hydrogen-bond donors (Lipinski definition) is 1. The maximum absolute atomic E-state index is 14.3. The quantitative estimate of drug-likeness (QED) is 0.299. The van der Waals surface area contributed by atoms with Gasteiger partial charge in [-0.3, -0.25) is 4.57 Å². The summed E-state index contributed by atoms with van der Waals surface area (Å²) in [5.74, 6) is 1.57. The molecule has 0 amide bonds. The molecular weight excluding hydrogens is 529 g/mol. The fraction of sp³-hybridized carbons (Fsp3) is 0.593. The van der Waals surface area contributed by atoms with Gasteiger partial charge in [0.1, 0.15) is 17.5 Å². The summed E-state index contributed by atoms with van der Waals surface area (Å²) in [5.41, 5.74) is 0.410. The van der Waals surface area contributed by atoms with Gasteiger partial charge in [-0.2, -0.15) is 9.97 Å². The van der Waals surface area contributed by atoms with Crippen LogP contribution in [-0.4, -0.2) is 54.9 Å². The van der Waals surface area contributed by atoms with Crippen LogP contribution in [0, 0.1) is 17.7 Å². The number of nitrogens with zero attached hydrogens (tertiary/aromatic N) is 4. The molecule has 2 aromatic heterocycles. The fourth-order valence-electron chi connectivity index (χ4n) is 7.00. The smallest absolute Gasteiger partial charge is 0.226 e. The third kappa shape index (κ3) is 4.11. The van der Waals surface area contributed by atoms with Crippen molar-refractivity contribution in [2.75, 3.05) is 11.1 Å². The Morgan fingerprint density at radius 1 is 1.18 bits per heavy atom. The zero-order valence-electron chi connectivity index (χ0n) is 21.6. The highest BCUT2D eigenvalue weighted by Crippen LogP contribution is 2.52. The Morgan fingerprint density at radius 2 is 2.03 bits per heavy atom. The highest BCUT2D eigenvalue weighted by atomic mass is 35.5. The van der Waals surface area contributed by atoms with E-state index in [9.17, 15) is 4.39 Å². The number of rotatable bonds is 6. The lowest BCUT2D eigenvalue weighted by Gasteiger charge is -2.30. The van der Waals surface area contributed by atoms with Crippen molar-refractivity contribution in [3.8, 4) is 0 Å². The van der Waals surface area contributed by atoms with E-state index in [0.29, 0.717) is 39.6 Å². The van der Waals surface area contributed by atoms with Crippen molar-refractivity contribution < 1.29 is 18.6 Å². The number of fused-ring (bicyclic) bond motifs is 4. The summed E-state index contributed by atoms with van der Waals surface area (Å²) in [6.45, 7) is 5.79. The van der Waals surface area contributed by atoms with Crippen molar-refractivity contribution in [1.82, 2.24) is 19.5 Å². The Bertz CT molecular complexity index is 1390. The first-order chi connectivity index (χ1) is 18.2. The average Bonchev–Trinajstić information content (AvgIpc) is 3.66. The summed E-state index contributed by atoms with van der Waals surface area (Å²) in [6, 6.07) is 7.13. The zero-order chi connectivity index (χ0) is 26.2. The Balaban J connectivity index is 1.21. The third-order valence-corrected chi connectivity index (χ3v) is 9.83. The minimum absolute atomic E-state index is 0.153. The lowest BCUT2D eigenvalue weighted by molar-refractivity contribution is -0.212. The molecule has 0 radical (unpaired) electrons. The molecule has 7 rings (SSSR count). The van der Waals surface area contributed by atoms with Crippen LogP contribution in [0.4, 0.5) is 10.2 Å². The number of nitrogens with one attached hydrogen (secondary N) is 1. The van der Waals surface area contributed by atoms with Crippen molar-refractivity contribution in [2.45, 2.75) is 87.2 Å². The van der Waals surface area contributed by atoms with Crippen molar-refractivity contribution in [3.63, 3.8) is 0 Å². The average molecular weight is 560 g/mol. The second-order valence-electron chi connectivity index (χ2n) is 11.6. The number of ether oxygens (including phenoxy) is 3. The summed E-state index contributed by atoms with van der Waals surface area (Å²) in [7, 11) is 0. The van der Waals surface area contributed by atoms with Crippen molar-refractivity contribution in [1.29, 1.82) is 0 Å². The molecule has 2 saturated carbocycles. The summed E-state index contributed by atoms with van der Waals surface area (Å²) >= 11 is 7.84. The summed E-state index contributed by atoms with van der Waals surface area (Å²) in [4.78, 5) is 14.4. The van der Waals surface area contributed by atoms with Gasteiger partial charge in [-0.15, -0.1) is 11.8 Å². The predicted molar refractivity (Wildman–Crippen MR) is 143 cm³/mol. The van der Waals surface area contributed by atoms with E-state index >= 15 is 0 Å². The molecule has 2 aliphatic carbocycles. The minimum Gasteiger partial charge on any atom is -0.365 e. The van der Waals surface area contributed by atoms with Crippen LogP contribution in [0.5, 0.6) is 0 Å². The molecule has 0 spiro atoms. The van der Waals surface area contributed by atoms with Gasteiger partial charge in [-0.25, -0.2) is 9.37 Å². The molecule has 1 N–H and O–H groups in total. The Morgan fingerprint density at radius 3 is 2.79 bits per heavy atom. The molecule has 2 bridgehead atoms. The minimum atomic E-state index is -0.826. The van der Waals surface area contributed by atoms with E-state index in [2.05, 4.69) is 15.3 Å². The standard InChI is InChI=1S/C27H31ClFN5O3S/c1-26(2)36-21-18(12-38-19-7-5-4-6-16(19)29)35-24(27(21,3)37-26)34-13-30-20-22(32-25(28)33-23(20)34)31-17-11-14-8-9-15(17)10-14/h4-7,13-15,17-18,21,24H,8-12H2,1-3H3,(H,31,32,33)/t14-,15+,17-,18+,21+,24+,27+/m0/s1. The van der Waals surface area contributed by atoms with Crippen LogP contribution < -0.4 is 5.32 Å². The van der Waals surface area contributed by atoms with Crippen LogP contribution >= 0.6 is 23.4 Å². The van der Waals surface area contributed by atoms with Crippen LogP contribution in [0.15, 0.2) is 35.5 Å². The van der Waals surface area contributed by atoms with Gasteiger partial charge >= 0.3 is 0 Å². The third-order valence-electron chi connectivity index (χ3n) is 8.52. The van der Waals surface area contributed by atoms with E-state index in [-0.39, 0.29) is 23.3 Å². The number of aromatic nitrogens is 4. The first-order valence-electron chi connectivity index (χ1n) is 13.3. The van der Waals surface area contributed by atoms with Crippen molar-refractivity contribution in [3.05, 3.63) is 41.7 Å². The van der Waals surface area contributed by atoms with Gasteiger partial charge in [-0.1, -0.05) is 18.6 Å². The molecule has 4 aliphatic rings. The summed E-state index contributed by atoms with van der Waals surface area (Å²) in [6.07, 6.45) is 5.44. The number of thioether (sulfide) groups is 1. The summed E-state index contributed by atoms with van der Waals surface area (Å²) < 4.78 is 35.6. The molecular formula is C27H31ClFN5O3S. The molecule has 8 nitrogen and oxygen atoms in total. The lowest BCUT2D eigenvalue weighted by Crippen LogP contribution is -2.42. The van der Waals surface area contributed by atoms with Crippen LogP contribution in [0.2, 0.25) is 5.28 Å². The Kier molecular flexibility index (Phi) is 5.94. The second kappa shape index (κ2) is 9.02. The van der Waals surface area contributed by atoms with Crippen LogP contribution in [0.25, 0.3) is 11.2 Å². The van der Waals surface area contributed by atoms with Crippen LogP contribution in [0.3, 0.4) is 0 Å². The first-order valence-corrected chi connectivity index (χ1v) is 14.6. The normalized spacial score (nSPS) is 35.3. The highest BCUT2D eigenvalue weighted by Gasteiger charge is 2.64. The van der Waals surface area contributed by atoms with E-state index in [1.54, 1.807) is 18.5 Å². The van der Waals surface area contributed by atoms with Gasteiger partial charge in [0, 0.05) is 16.7 Å². The predicted octanol–water partition coefficient (Wildman–Crippen LogP) is 5.82. The maximum atomic E-state index is 14.3. The first kappa shape index (κ1) is 25.0. The van der Waals surface area contributed by atoms with E-state index in [0.717, 1.165) is 12.3 Å². The van der Waals surface area contributed by atoms with Gasteiger partial charge in [0.25, 0.3) is 0 Å². The number of anilines is 1. The topological polar surface area (TPSA) is 83.3 Å². The van der Waals surface area contributed by atoms with E-state index in [4.69, 9.17) is 30.8 Å². The monoisotopic (exact) mass is 559 g/mol. The molecule has 202 valence electrons. The Labute approximate surface area is 230 Å². The largest absolute Gasteiger partial charge is 0.365 e. The zero-order valence-corrected chi connectivity index (χ0v) is 23.1. The molecule has 7 atom stereocenters. The SMILES string of the molecule is CC1(C)O[C@@H]2[C@@H](CSc3ccccc3F)O[C@@H](n3cnc4c(N[C@H]5C[C@H]6CC[C@@H]5C6)nc(Cl)nc43)[C@]2(C)O1. The van der Waals surface area contributed by atoms with Gasteiger partial charge in [0.05, 0.1) is 12.4 Å². The number of halogens is 2. The second-order valence-corrected chi connectivity index (χ2v) is 13.0. The fourth-order valence-corrected chi connectivity index (χ4v) is 8.15. The molecule has 2 saturated heterocycles. The van der Waals surface area contributed by atoms with Gasteiger partial charge in [-0.05, 0) is 75.6 Å². The van der Waals surface area contributed by atoms with E-state index in [1.807, 2.05) is 31.4 Å².